The maximum Gasteiger partial charge on any atom is 0.327 e. The first-order valence-electron chi connectivity index (χ1n) is 8.99. The van der Waals surface area contributed by atoms with E-state index < -0.39 is 6.03 Å². The Morgan fingerprint density at radius 2 is 2.00 bits per heavy atom. The molecule has 2 atom stereocenters. The van der Waals surface area contributed by atoms with Gasteiger partial charge in [0.25, 0.3) is 5.91 Å². The number of pyridine rings is 1. The number of carbonyl (C=O) groups excluding carboxylic acids is 3. The van der Waals surface area contributed by atoms with Gasteiger partial charge >= 0.3 is 6.03 Å². The number of hydrogen-bond donors (Lipinski definition) is 1. The average Bonchev–Trinajstić information content (AvgIpc) is 3.12. The molecule has 3 rings (SSSR count). The van der Waals surface area contributed by atoms with E-state index in [-0.39, 0.29) is 30.9 Å². The first-order chi connectivity index (χ1) is 12.5. The van der Waals surface area contributed by atoms with Crippen LogP contribution < -0.4 is 10.2 Å². The molecule has 1 aromatic heterocycles. The topological polar surface area (TPSA) is 85.8 Å². The molecule has 2 fully saturated rings. The van der Waals surface area contributed by atoms with Crippen LogP contribution in [0.5, 0.6) is 0 Å². The van der Waals surface area contributed by atoms with Crippen LogP contribution in [0, 0.1) is 5.92 Å². The van der Waals surface area contributed by atoms with E-state index in [4.69, 9.17) is 0 Å². The van der Waals surface area contributed by atoms with E-state index in [2.05, 4.69) is 22.1 Å². The Bertz CT molecular complexity index is 681. The van der Waals surface area contributed by atoms with Gasteiger partial charge in [0.2, 0.25) is 5.91 Å². The summed E-state index contributed by atoms with van der Waals surface area (Å²) in [5.74, 6) is -0.281. The zero-order valence-electron chi connectivity index (χ0n) is 15.2. The summed E-state index contributed by atoms with van der Waals surface area (Å²) in [6.45, 7) is 3.52. The summed E-state index contributed by atoms with van der Waals surface area (Å²) in [5, 5.41) is 3.04. The lowest BCUT2D eigenvalue weighted by Gasteiger charge is -2.21. The number of hydrogen-bond acceptors (Lipinski definition) is 5. The fraction of sp³-hybridized carbons (Fsp3) is 0.556. The largest absolute Gasteiger partial charge is 0.369 e. The second kappa shape index (κ2) is 7.72. The van der Waals surface area contributed by atoms with Crippen molar-refractivity contribution in [1.82, 2.24) is 20.1 Å². The SMILES string of the molecule is CCC[C@@H]1CN(c2ccncc2)C[C@H]1NC(=O)CN1C(=O)CN(C)C1=O. The maximum absolute atomic E-state index is 12.4. The van der Waals surface area contributed by atoms with Gasteiger partial charge < -0.3 is 15.1 Å². The van der Waals surface area contributed by atoms with E-state index >= 15 is 0 Å². The smallest absolute Gasteiger partial charge is 0.327 e. The minimum atomic E-state index is -0.417. The van der Waals surface area contributed by atoms with Crippen molar-refractivity contribution >= 4 is 23.5 Å². The van der Waals surface area contributed by atoms with Gasteiger partial charge in [-0.3, -0.25) is 19.5 Å². The molecule has 140 valence electrons. The second-order valence-corrected chi connectivity index (χ2v) is 6.95. The van der Waals surface area contributed by atoms with E-state index in [1.165, 1.54) is 4.90 Å². The summed E-state index contributed by atoms with van der Waals surface area (Å²) in [4.78, 5) is 44.8. The Hall–Kier alpha value is -2.64. The normalized spacial score (nSPS) is 23.1. The number of amides is 4. The Morgan fingerprint density at radius 1 is 1.27 bits per heavy atom. The summed E-state index contributed by atoms with van der Waals surface area (Å²) >= 11 is 0. The minimum Gasteiger partial charge on any atom is -0.369 e. The summed E-state index contributed by atoms with van der Waals surface area (Å²) < 4.78 is 0. The molecule has 4 amide bonds. The number of urea groups is 1. The maximum atomic E-state index is 12.4. The van der Waals surface area contributed by atoms with Crippen LogP contribution in [0.3, 0.4) is 0 Å². The molecule has 2 saturated heterocycles. The minimum absolute atomic E-state index is 0.00107. The summed E-state index contributed by atoms with van der Waals surface area (Å²) in [7, 11) is 1.55. The van der Waals surface area contributed by atoms with Crippen molar-refractivity contribution in [2.24, 2.45) is 5.92 Å². The van der Waals surface area contributed by atoms with Gasteiger partial charge in [-0.15, -0.1) is 0 Å². The van der Waals surface area contributed by atoms with Crippen molar-refractivity contribution in [3.8, 4) is 0 Å². The first kappa shape index (κ1) is 18.2. The summed E-state index contributed by atoms with van der Waals surface area (Å²) in [6, 6.07) is 3.51. The molecule has 1 aromatic rings. The predicted molar refractivity (Wildman–Crippen MR) is 96.5 cm³/mol. The molecule has 0 aliphatic carbocycles. The number of carbonyl (C=O) groups is 3. The van der Waals surface area contributed by atoms with Gasteiger partial charge in [-0.2, -0.15) is 0 Å². The highest BCUT2D eigenvalue weighted by Gasteiger charge is 2.37. The van der Waals surface area contributed by atoms with Gasteiger partial charge in [0.05, 0.1) is 6.04 Å². The van der Waals surface area contributed by atoms with Gasteiger partial charge in [0, 0.05) is 38.2 Å². The standard InChI is InChI=1S/C18H25N5O3/c1-3-4-13-9-22(14-5-7-19-8-6-14)10-15(13)20-16(24)11-23-17(25)12-21(2)18(23)26/h5-8,13,15H,3-4,9-12H2,1-2H3,(H,20,24)/t13-,15-/m1/s1. The van der Waals surface area contributed by atoms with Crippen LogP contribution in [-0.2, 0) is 9.59 Å². The van der Waals surface area contributed by atoms with Crippen LogP contribution in [0.4, 0.5) is 10.5 Å². The molecular weight excluding hydrogens is 334 g/mol. The summed E-state index contributed by atoms with van der Waals surface area (Å²) in [6.07, 6.45) is 5.57. The molecule has 8 nitrogen and oxygen atoms in total. The van der Waals surface area contributed by atoms with Crippen LogP contribution in [0.1, 0.15) is 19.8 Å². The molecular formula is C18H25N5O3. The van der Waals surface area contributed by atoms with Crippen molar-refractivity contribution in [3.05, 3.63) is 24.5 Å². The molecule has 1 N–H and O–H groups in total. The molecule has 0 aromatic carbocycles. The quantitative estimate of drug-likeness (QED) is 0.756. The molecule has 3 heterocycles. The fourth-order valence-corrected chi connectivity index (χ4v) is 3.68. The third-order valence-corrected chi connectivity index (χ3v) is 5.01. The Labute approximate surface area is 153 Å². The fourth-order valence-electron chi connectivity index (χ4n) is 3.68. The van der Waals surface area contributed by atoms with Crippen LogP contribution in [0.2, 0.25) is 0 Å². The van der Waals surface area contributed by atoms with E-state index in [0.717, 1.165) is 30.0 Å². The molecule has 0 bridgehead atoms. The van der Waals surface area contributed by atoms with Gasteiger partial charge in [-0.1, -0.05) is 13.3 Å². The Morgan fingerprint density at radius 3 is 2.62 bits per heavy atom. The third-order valence-electron chi connectivity index (χ3n) is 5.01. The van der Waals surface area contributed by atoms with Crippen LogP contribution in [0.25, 0.3) is 0 Å². The lowest BCUT2D eigenvalue weighted by Crippen LogP contribution is -2.47. The number of nitrogens with zero attached hydrogens (tertiary/aromatic N) is 4. The number of likely N-dealkylation sites (N-methyl/N-ethyl adjacent to an activating group) is 1. The number of imide groups is 1. The van der Waals surface area contributed by atoms with Crippen LogP contribution in [-0.4, -0.2) is 71.9 Å². The molecule has 8 heteroatoms. The van der Waals surface area contributed by atoms with E-state index in [1.807, 2.05) is 12.1 Å². The highest BCUT2D eigenvalue weighted by Crippen LogP contribution is 2.26. The van der Waals surface area contributed by atoms with E-state index in [0.29, 0.717) is 12.5 Å². The second-order valence-electron chi connectivity index (χ2n) is 6.95. The Kier molecular flexibility index (Phi) is 5.39. The monoisotopic (exact) mass is 359 g/mol. The highest BCUT2D eigenvalue weighted by molar-refractivity contribution is 6.04. The lowest BCUT2D eigenvalue weighted by atomic mass is 9.98. The van der Waals surface area contributed by atoms with Crippen molar-refractivity contribution in [3.63, 3.8) is 0 Å². The zero-order chi connectivity index (χ0) is 18.7. The number of anilines is 1. The average molecular weight is 359 g/mol. The molecule has 0 saturated carbocycles. The van der Waals surface area contributed by atoms with Crippen molar-refractivity contribution in [2.75, 3.05) is 38.1 Å². The molecule has 2 aliphatic heterocycles. The van der Waals surface area contributed by atoms with Gasteiger partial charge in [-0.05, 0) is 24.5 Å². The number of rotatable bonds is 6. The lowest BCUT2D eigenvalue weighted by molar-refractivity contribution is -0.131. The highest BCUT2D eigenvalue weighted by atomic mass is 16.2. The van der Waals surface area contributed by atoms with Crippen LogP contribution >= 0.6 is 0 Å². The molecule has 0 radical (unpaired) electrons. The Balaban J connectivity index is 1.62. The van der Waals surface area contributed by atoms with Crippen molar-refractivity contribution in [1.29, 1.82) is 0 Å². The summed E-state index contributed by atoms with van der Waals surface area (Å²) in [5.41, 5.74) is 1.09. The number of nitrogens with one attached hydrogen (secondary N) is 1. The van der Waals surface area contributed by atoms with Crippen molar-refractivity contribution < 1.29 is 14.4 Å². The molecule has 26 heavy (non-hydrogen) atoms. The van der Waals surface area contributed by atoms with Gasteiger partial charge in [-0.25, -0.2) is 4.79 Å². The molecule has 2 aliphatic rings. The predicted octanol–water partition coefficient (Wildman–Crippen LogP) is 0.697. The number of aromatic nitrogens is 1. The van der Waals surface area contributed by atoms with Crippen LogP contribution in [0.15, 0.2) is 24.5 Å². The zero-order valence-corrected chi connectivity index (χ0v) is 15.2. The van der Waals surface area contributed by atoms with Gasteiger partial charge in [0.15, 0.2) is 0 Å². The molecule has 0 unspecified atom stereocenters. The van der Waals surface area contributed by atoms with Crippen molar-refractivity contribution in [2.45, 2.75) is 25.8 Å². The third kappa shape index (κ3) is 3.79. The van der Waals surface area contributed by atoms with E-state index in [9.17, 15) is 14.4 Å². The first-order valence-corrected chi connectivity index (χ1v) is 8.99. The van der Waals surface area contributed by atoms with Gasteiger partial charge in [0.1, 0.15) is 13.1 Å². The van der Waals surface area contributed by atoms with E-state index in [1.54, 1.807) is 19.4 Å². The molecule has 0 spiro atoms.